The highest BCUT2D eigenvalue weighted by molar-refractivity contribution is 6.07. The fraction of sp³-hybridized carbons (Fsp3) is 0.250. The Morgan fingerprint density at radius 1 is 1.25 bits per heavy atom. The van der Waals surface area contributed by atoms with Gasteiger partial charge in [0.05, 0.1) is 12.2 Å². The van der Waals surface area contributed by atoms with Crippen LogP contribution in [0.25, 0.3) is 0 Å². The van der Waals surface area contributed by atoms with Crippen LogP contribution in [0.4, 0.5) is 11.4 Å². The minimum atomic E-state index is 0.544. The number of aryl methyl sites for hydroxylation is 1. The number of rotatable bonds is 5. The smallest absolute Gasteiger partial charge is 0.0597 e. The maximum Gasteiger partial charge on any atom is 0.0597 e. The normalized spacial score (nSPS) is 10.3. The van der Waals surface area contributed by atoms with E-state index < -0.39 is 0 Å². The molecule has 0 spiro atoms. The van der Waals surface area contributed by atoms with E-state index in [9.17, 15) is 0 Å². The van der Waals surface area contributed by atoms with E-state index in [1.54, 1.807) is 0 Å². The largest absolute Gasteiger partial charge is 0.398 e. The van der Waals surface area contributed by atoms with Gasteiger partial charge in [-0.3, -0.25) is 4.98 Å². The summed E-state index contributed by atoms with van der Waals surface area (Å²) in [6, 6.07) is 11.6. The van der Waals surface area contributed by atoms with Crippen LogP contribution < -0.4 is 11.1 Å². The number of nitrogen functional groups attached to an aromatic ring is 1. The molecule has 0 unspecified atom stereocenters. The molecule has 0 fully saturated rings. The molecule has 0 bridgehead atoms. The molecular formula is C16H20N4. The number of aromatic nitrogens is 1. The standard InChI is InChI=1S/C16H20N4/c1-3-13(17)16-14(18)8-5-9-15(16)19-10-12-7-4-6-11(2)20-12/h4-9,17,19H,3,10,18H2,1-2H3. The fourth-order valence-corrected chi connectivity index (χ4v) is 2.11. The van der Waals surface area contributed by atoms with Gasteiger partial charge in [0.25, 0.3) is 0 Å². The first-order chi connectivity index (χ1) is 9.61. The summed E-state index contributed by atoms with van der Waals surface area (Å²) in [6.07, 6.45) is 0.658. The highest BCUT2D eigenvalue weighted by Gasteiger charge is 2.10. The molecule has 0 radical (unpaired) electrons. The van der Waals surface area contributed by atoms with Crippen LogP contribution in [0.15, 0.2) is 36.4 Å². The van der Waals surface area contributed by atoms with Crippen molar-refractivity contribution in [3.8, 4) is 0 Å². The molecule has 0 saturated carbocycles. The molecule has 4 heteroatoms. The van der Waals surface area contributed by atoms with Crippen LogP contribution in [0.5, 0.6) is 0 Å². The minimum absolute atomic E-state index is 0.544. The molecule has 2 aromatic rings. The van der Waals surface area contributed by atoms with E-state index in [4.69, 9.17) is 11.1 Å². The lowest BCUT2D eigenvalue weighted by atomic mass is 10.0. The number of anilines is 2. The van der Waals surface area contributed by atoms with Gasteiger partial charge >= 0.3 is 0 Å². The van der Waals surface area contributed by atoms with E-state index >= 15 is 0 Å². The lowest BCUT2D eigenvalue weighted by Gasteiger charge is -2.14. The van der Waals surface area contributed by atoms with Gasteiger partial charge in [-0.25, -0.2) is 0 Å². The molecule has 0 aliphatic heterocycles. The predicted molar refractivity (Wildman–Crippen MR) is 84.3 cm³/mol. The summed E-state index contributed by atoms with van der Waals surface area (Å²) in [5.41, 5.74) is 10.8. The molecule has 4 N–H and O–H groups in total. The summed E-state index contributed by atoms with van der Waals surface area (Å²) >= 11 is 0. The Balaban J connectivity index is 2.21. The van der Waals surface area contributed by atoms with Gasteiger partial charge in [-0.15, -0.1) is 0 Å². The van der Waals surface area contributed by atoms with E-state index in [0.29, 0.717) is 24.4 Å². The Morgan fingerprint density at radius 2 is 2.00 bits per heavy atom. The molecular weight excluding hydrogens is 248 g/mol. The molecule has 1 aromatic heterocycles. The molecule has 1 aromatic carbocycles. The van der Waals surface area contributed by atoms with Gasteiger partial charge in [0.15, 0.2) is 0 Å². The highest BCUT2D eigenvalue weighted by Crippen LogP contribution is 2.24. The molecule has 104 valence electrons. The summed E-state index contributed by atoms with van der Waals surface area (Å²) < 4.78 is 0. The molecule has 2 rings (SSSR count). The first kappa shape index (κ1) is 14.1. The van der Waals surface area contributed by atoms with E-state index in [-0.39, 0.29) is 0 Å². The number of nitrogens with zero attached hydrogens (tertiary/aromatic N) is 1. The first-order valence-corrected chi connectivity index (χ1v) is 6.74. The van der Waals surface area contributed by atoms with E-state index in [1.807, 2.05) is 50.2 Å². The molecule has 4 nitrogen and oxygen atoms in total. The second kappa shape index (κ2) is 6.19. The van der Waals surface area contributed by atoms with Crippen molar-refractivity contribution in [3.05, 3.63) is 53.3 Å². The fourth-order valence-electron chi connectivity index (χ4n) is 2.11. The number of hydrogen-bond donors (Lipinski definition) is 3. The lowest BCUT2D eigenvalue weighted by molar-refractivity contribution is 1.01. The van der Waals surface area contributed by atoms with Gasteiger partial charge in [-0.05, 0) is 37.6 Å². The maximum absolute atomic E-state index is 8.04. The summed E-state index contributed by atoms with van der Waals surface area (Å²) in [5, 5.41) is 11.4. The average Bonchev–Trinajstić information content (AvgIpc) is 2.44. The Hall–Kier alpha value is -2.36. The van der Waals surface area contributed by atoms with Crippen molar-refractivity contribution in [3.63, 3.8) is 0 Å². The molecule has 0 aliphatic carbocycles. The summed E-state index contributed by atoms with van der Waals surface area (Å²) in [6.45, 7) is 4.55. The Labute approximate surface area is 119 Å². The number of nitrogens with one attached hydrogen (secondary N) is 2. The Morgan fingerprint density at radius 3 is 2.70 bits per heavy atom. The van der Waals surface area contributed by atoms with Crippen LogP contribution in [0.2, 0.25) is 0 Å². The predicted octanol–water partition coefficient (Wildman–Crippen LogP) is 3.36. The molecule has 0 saturated heterocycles. The van der Waals surface area contributed by atoms with Crippen LogP contribution in [0.1, 0.15) is 30.3 Å². The van der Waals surface area contributed by atoms with Crippen LogP contribution >= 0.6 is 0 Å². The van der Waals surface area contributed by atoms with E-state index in [2.05, 4.69) is 10.3 Å². The monoisotopic (exact) mass is 268 g/mol. The van der Waals surface area contributed by atoms with Crippen LogP contribution in [0, 0.1) is 12.3 Å². The highest BCUT2D eigenvalue weighted by atomic mass is 14.9. The second-order valence-electron chi connectivity index (χ2n) is 4.73. The summed E-state index contributed by atoms with van der Waals surface area (Å²) in [7, 11) is 0. The van der Waals surface area contributed by atoms with E-state index in [0.717, 1.165) is 22.6 Å². The van der Waals surface area contributed by atoms with Crippen LogP contribution in [-0.4, -0.2) is 10.7 Å². The third kappa shape index (κ3) is 3.15. The second-order valence-corrected chi connectivity index (χ2v) is 4.73. The third-order valence-electron chi connectivity index (χ3n) is 3.16. The van der Waals surface area contributed by atoms with Crippen molar-refractivity contribution < 1.29 is 0 Å². The Bertz CT molecular complexity index is 620. The Kier molecular flexibility index (Phi) is 4.35. The minimum Gasteiger partial charge on any atom is -0.398 e. The van der Waals surface area contributed by atoms with Crippen molar-refractivity contribution in [2.75, 3.05) is 11.1 Å². The van der Waals surface area contributed by atoms with Crippen molar-refractivity contribution in [2.24, 2.45) is 0 Å². The van der Waals surface area contributed by atoms with Gasteiger partial charge < -0.3 is 16.5 Å². The zero-order valence-corrected chi connectivity index (χ0v) is 11.9. The topological polar surface area (TPSA) is 74.8 Å². The molecule has 0 atom stereocenters. The maximum atomic E-state index is 8.04. The summed E-state index contributed by atoms with van der Waals surface area (Å²) in [5.74, 6) is 0. The van der Waals surface area contributed by atoms with Gasteiger partial charge in [0.1, 0.15) is 0 Å². The van der Waals surface area contributed by atoms with Crippen molar-refractivity contribution in [2.45, 2.75) is 26.8 Å². The lowest BCUT2D eigenvalue weighted by Crippen LogP contribution is -2.10. The van der Waals surface area contributed by atoms with Crippen molar-refractivity contribution in [1.82, 2.24) is 4.98 Å². The number of benzene rings is 1. The molecule has 0 aliphatic rings. The molecule has 20 heavy (non-hydrogen) atoms. The van der Waals surface area contributed by atoms with E-state index in [1.165, 1.54) is 0 Å². The number of hydrogen-bond acceptors (Lipinski definition) is 4. The van der Waals surface area contributed by atoms with Crippen LogP contribution in [-0.2, 0) is 6.54 Å². The SMILES string of the molecule is CCC(=N)c1c(N)cccc1NCc1cccc(C)n1. The first-order valence-electron chi connectivity index (χ1n) is 6.74. The third-order valence-corrected chi connectivity index (χ3v) is 3.16. The van der Waals surface area contributed by atoms with Gasteiger partial charge in [0.2, 0.25) is 0 Å². The van der Waals surface area contributed by atoms with Crippen LogP contribution in [0.3, 0.4) is 0 Å². The zero-order valence-electron chi connectivity index (χ0n) is 11.9. The summed E-state index contributed by atoms with van der Waals surface area (Å²) in [4.78, 5) is 4.46. The quantitative estimate of drug-likeness (QED) is 0.575. The molecule has 0 amide bonds. The average molecular weight is 268 g/mol. The number of nitrogens with two attached hydrogens (primary N) is 1. The van der Waals surface area contributed by atoms with Gasteiger partial charge in [-0.2, -0.15) is 0 Å². The van der Waals surface area contributed by atoms with Gasteiger partial charge in [-0.1, -0.05) is 19.1 Å². The number of pyridine rings is 1. The van der Waals surface area contributed by atoms with Gasteiger partial charge in [0, 0.05) is 28.3 Å². The van der Waals surface area contributed by atoms with Crippen molar-refractivity contribution >= 4 is 17.1 Å². The van der Waals surface area contributed by atoms with Crippen molar-refractivity contribution in [1.29, 1.82) is 5.41 Å². The zero-order chi connectivity index (χ0) is 14.5. The molecule has 1 heterocycles.